The van der Waals surface area contributed by atoms with E-state index in [1.54, 1.807) is 7.11 Å². The number of ether oxygens (including phenoxy) is 3. The summed E-state index contributed by atoms with van der Waals surface area (Å²) in [4.78, 5) is 51.4. The van der Waals surface area contributed by atoms with E-state index in [0.29, 0.717) is 62.4 Å². The van der Waals surface area contributed by atoms with Crippen LogP contribution in [0.3, 0.4) is 0 Å². The number of carbonyl (C=O) groups excluding carboxylic acids is 3. The molecule has 6 heterocycles. The third-order valence-corrected chi connectivity index (χ3v) is 15.8. The van der Waals surface area contributed by atoms with Crippen molar-refractivity contribution in [3.05, 3.63) is 70.9 Å². The van der Waals surface area contributed by atoms with Crippen molar-refractivity contribution in [1.82, 2.24) is 20.1 Å². The number of H-pyrrole nitrogens is 1. The van der Waals surface area contributed by atoms with Gasteiger partial charge in [0.15, 0.2) is 0 Å². The number of esters is 2. The Labute approximate surface area is 355 Å². The zero-order valence-electron chi connectivity index (χ0n) is 36.3. The highest BCUT2D eigenvalue weighted by Crippen LogP contribution is 2.68. The lowest BCUT2D eigenvalue weighted by Gasteiger charge is -2.64. The van der Waals surface area contributed by atoms with E-state index in [2.05, 4.69) is 50.1 Å². The van der Waals surface area contributed by atoms with Crippen LogP contribution in [0.5, 0.6) is 5.75 Å². The first kappa shape index (κ1) is 41.8. The number of nitrogens with one attached hydrogen (secondary N) is 2. The van der Waals surface area contributed by atoms with Gasteiger partial charge in [0.2, 0.25) is 11.8 Å². The van der Waals surface area contributed by atoms with E-state index in [0.717, 1.165) is 34.6 Å². The molecule has 9 rings (SSSR count). The molecule has 3 fully saturated rings. The van der Waals surface area contributed by atoms with Crippen molar-refractivity contribution in [2.75, 3.05) is 65.4 Å². The Morgan fingerprint density at radius 1 is 1.07 bits per heavy atom. The summed E-state index contributed by atoms with van der Waals surface area (Å²) in [6, 6.07) is 11.0. The number of aliphatic hydroxyl groups is 1. The number of amides is 1. The molecule has 14 heteroatoms. The monoisotopic (exact) mass is 843 g/mol. The topological polar surface area (TPSA) is 137 Å². The molecule has 5 aliphatic heterocycles. The number of hydrogen-bond acceptors (Lipinski definition) is 10. The molecule has 6 aliphatic rings. The molecule has 10 atom stereocenters. The second kappa shape index (κ2) is 14.5. The van der Waals surface area contributed by atoms with Crippen molar-refractivity contribution in [3.63, 3.8) is 0 Å². The highest BCUT2D eigenvalue weighted by atomic mass is 19.3. The van der Waals surface area contributed by atoms with E-state index in [1.165, 1.54) is 21.0 Å². The van der Waals surface area contributed by atoms with Crippen molar-refractivity contribution in [2.24, 2.45) is 17.3 Å². The van der Waals surface area contributed by atoms with Gasteiger partial charge < -0.3 is 39.4 Å². The highest BCUT2D eigenvalue weighted by Gasteiger charge is 2.78. The van der Waals surface area contributed by atoms with Gasteiger partial charge in [-0.15, -0.1) is 0 Å². The third kappa shape index (κ3) is 5.86. The Kier molecular flexibility index (Phi) is 9.95. The van der Waals surface area contributed by atoms with Crippen LogP contribution >= 0.6 is 0 Å². The van der Waals surface area contributed by atoms with Crippen molar-refractivity contribution >= 4 is 34.4 Å². The summed E-state index contributed by atoms with van der Waals surface area (Å²) in [5, 5.41) is 17.4. The zero-order valence-corrected chi connectivity index (χ0v) is 36.3. The molecular formula is C47H59F2N5O7. The Hall–Kier alpha value is -4.53. The Morgan fingerprint density at radius 2 is 1.84 bits per heavy atom. The van der Waals surface area contributed by atoms with Crippen molar-refractivity contribution in [2.45, 2.75) is 100 Å². The number of aromatic nitrogens is 1. The van der Waals surface area contributed by atoms with Gasteiger partial charge in [-0.05, 0) is 74.8 Å². The molecule has 1 aliphatic carbocycles. The number of piperidine rings is 1. The van der Waals surface area contributed by atoms with E-state index < -0.39 is 57.8 Å². The number of carbonyl (C=O) groups is 3. The van der Waals surface area contributed by atoms with E-state index in [1.807, 2.05) is 37.4 Å². The predicted molar refractivity (Wildman–Crippen MR) is 226 cm³/mol. The number of hydrogen-bond donors (Lipinski definition) is 3. The molecule has 328 valence electrons. The van der Waals surface area contributed by atoms with Gasteiger partial charge in [-0.3, -0.25) is 19.3 Å². The number of fused-ring (bicyclic) bond motifs is 6. The number of benzene rings is 2. The van der Waals surface area contributed by atoms with Gasteiger partial charge in [-0.2, -0.15) is 0 Å². The fourth-order valence-corrected chi connectivity index (χ4v) is 13.7. The van der Waals surface area contributed by atoms with Crippen LogP contribution in [0, 0.1) is 17.3 Å². The fraction of sp³-hybridized carbons (Fsp3) is 0.596. The number of methoxy groups -OCH3 is 2. The molecule has 2 saturated heterocycles. The normalized spacial score (nSPS) is 35.2. The number of alkyl halides is 2. The van der Waals surface area contributed by atoms with Crippen LogP contribution in [0.1, 0.15) is 75.8 Å². The minimum absolute atomic E-state index is 0.177. The zero-order chi connectivity index (χ0) is 43.4. The molecule has 2 bridgehead atoms. The molecule has 1 saturated carbocycles. The van der Waals surface area contributed by atoms with E-state index >= 15 is 13.6 Å². The Morgan fingerprint density at radius 3 is 2.52 bits per heavy atom. The molecule has 0 radical (unpaired) electrons. The SMILES string of the molecule is CC[C@]12C=CCN3CC[C@@]4(c5cc([C@@]6(C(=O)OC)C[C@@H]7C[C@@H](C(C)(F)F)CN(CCc8c6[nH]c6ccccc86)C7)c(OC)cc5N(C)[C@H]4C(O)(CNC(C)=O)[C@@H]1OC(C)=O)[C@@H]32. The molecule has 3 aromatic rings. The molecule has 12 nitrogen and oxygen atoms in total. The first-order valence-corrected chi connectivity index (χ1v) is 21.8. The van der Waals surface area contributed by atoms with Crippen LogP contribution in [0.25, 0.3) is 10.9 Å². The molecule has 1 spiro atoms. The van der Waals surface area contributed by atoms with E-state index in [9.17, 15) is 14.7 Å². The largest absolute Gasteiger partial charge is 0.496 e. The number of halogens is 2. The molecule has 1 aromatic heterocycles. The van der Waals surface area contributed by atoms with Crippen molar-refractivity contribution in [3.8, 4) is 5.75 Å². The van der Waals surface area contributed by atoms with Crippen LogP contribution < -0.4 is 15.0 Å². The highest BCUT2D eigenvalue weighted by molar-refractivity contribution is 5.94. The average Bonchev–Trinajstić information content (AvgIpc) is 3.89. The van der Waals surface area contributed by atoms with E-state index in [-0.39, 0.29) is 43.8 Å². The molecule has 2 unspecified atom stereocenters. The van der Waals surface area contributed by atoms with Gasteiger partial charge in [0, 0.05) is 104 Å². The lowest BCUT2D eigenvalue weighted by molar-refractivity contribution is -0.217. The minimum Gasteiger partial charge on any atom is -0.496 e. The number of likely N-dealkylation sites (N-methyl/N-ethyl adjacent to an activating group) is 1. The van der Waals surface area contributed by atoms with Crippen LogP contribution in [0.4, 0.5) is 14.5 Å². The first-order chi connectivity index (χ1) is 29.0. The third-order valence-electron chi connectivity index (χ3n) is 15.8. The summed E-state index contributed by atoms with van der Waals surface area (Å²) in [7, 11) is 4.88. The van der Waals surface area contributed by atoms with Crippen LogP contribution in [0.15, 0.2) is 48.6 Å². The van der Waals surface area contributed by atoms with Crippen molar-refractivity contribution < 1.29 is 42.5 Å². The Balaban J connectivity index is 1.34. The first-order valence-electron chi connectivity index (χ1n) is 21.8. The molecule has 61 heavy (non-hydrogen) atoms. The summed E-state index contributed by atoms with van der Waals surface area (Å²) in [6.07, 6.45) is 5.25. The van der Waals surface area contributed by atoms with E-state index in [4.69, 9.17) is 14.2 Å². The number of nitrogens with zero attached hydrogens (tertiary/aromatic N) is 3. The number of aromatic amines is 1. The lowest BCUT2D eigenvalue weighted by Crippen LogP contribution is -2.81. The maximum absolute atomic E-state index is 15.4. The molecular weight excluding hydrogens is 785 g/mol. The minimum atomic E-state index is -2.92. The van der Waals surface area contributed by atoms with Crippen LogP contribution in [-0.2, 0) is 41.1 Å². The van der Waals surface area contributed by atoms with Gasteiger partial charge >= 0.3 is 11.9 Å². The number of rotatable bonds is 8. The molecule has 3 N–H and O–H groups in total. The Bertz CT molecular complexity index is 2310. The molecule has 2 aromatic carbocycles. The second-order valence-corrected chi connectivity index (χ2v) is 18.9. The number of para-hydroxylation sites is 1. The summed E-state index contributed by atoms with van der Waals surface area (Å²) >= 11 is 0. The quantitative estimate of drug-likeness (QED) is 0.208. The summed E-state index contributed by atoms with van der Waals surface area (Å²) < 4.78 is 49.3. The van der Waals surface area contributed by atoms with Crippen molar-refractivity contribution in [1.29, 1.82) is 0 Å². The average molecular weight is 844 g/mol. The maximum atomic E-state index is 15.4. The summed E-state index contributed by atoms with van der Waals surface area (Å²) in [6.45, 7) is 8.34. The summed E-state index contributed by atoms with van der Waals surface area (Å²) in [5.41, 5.74) is -0.293. The van der Waals surface area contributed by atoms with Crippen LogP contribution in [-0.4, -0.2) is 128 Å². The molecule has 1 amide bonds. The van der Waals surface area contributed by atoms with Gasteiger partial charge in [0.25, 0.3) is 0 Å². The van der Waals surface area contributed by atoms with Gasteiger partial charge in [-0.1, -0.05) is 37.3 Å². The fourth-order valence-electron chi connectivity index (χ4n) is 13.7. The van der Waals surface area contributed by atoms with Crippen LogP contribution in [0.2, 0.25) is 0 Å². The summed E-state index contributed by atoms with van der Waals surface area (Å²) in [5.74, 6) is -5.09. The maximum Gasteiger partial charge on any atom is 0.322 e. The smallest absolute Gasteiger partial charge is 0.322 e. The standard InChI is InChI=1S/C47H59F2N5O7/c1-8-44-15-11-17-54-19-16-45(39(44)54)33-21-34(37(59-6)22-36(33)52(5)40(45)47(58,26-50-27(2)55)41(44)61-28(3)56)46(42(57)60-7)23-29-20-30(43(4,48)49)25-53(24-29)18-14-32-31-12-9-10-13-35(31)51-38(32)46/h9-13,15,21-22,29-30,39-41,51,58H,8,14,16-20,23-26H2,1-7H3,(H,50,55)/t29-,30+,39-,40+,41+,44+,45+,46-,47?/m0/s1. The lowest BCUT2D eigenvalue weighted by atomic mass is 9.47. The predicted octanol–water partition coefficient (Wildman–Crippen LogP) is 5.08. The van der Waals surface area contributed by atoms with Gasteiger partial charge in [0.1, 0.15) is 22.9 Å². The number of anilines is 1. The van der Waals surface area contributed by atoms with Gasteiger partial charge in [0.05, 0.1) is 26.8 Å². The second-order valence-electron chi connectivity index (χ2n) is 18.9. The van der Waals surface area contributed by atoms with Gasteiger partial charge in [-0.25, -0.2) is 8.78 Å².